The van der Waals surface area contributed by atoms with Gasteiger partial charge in [0.05, 0.1) is 0 Å². The normalized spacial score (nSPS) is 8.43. The van der Waals surface area contributed by atoms with Gasteiger partial charge in [0, 0.05) is 0 Å². The number of hydrogen-bond acceptors (Lipinski definition) is 0. The molecule has 0 radical (unpaired) electrons. The summed E-state index contributed by atoms with van der Waals surface area (Å²) in [6, 6.07) is 8.64. The Labute approximate surface area is 88.4 Å². The Morgan fingerprint density at radius 1 is 1.29 bits per heavy atom. The van der Waals surface area contributed by atoms with E-state index < -0.39 is 0 Å². The summed E-state index contributed by atoms with van der Waals surface area (Å²) in [6.45, 7) is 6.07. The summed E-state index contributed by atoms with van der Waals surface area (Å²) in [5.74, 6) is 2.25. The fourth-order valence-corrected chi connectivity index (χ4v) is 1.26. The molecule has 0 nitrogen and oxygen atoms in total. The van der Waals surface area contributed by atoms with Crippen LogP contribution in [0.3, 0.4) is 0 Å². The second-order valence-corrected chi connectivity index (χ2v) is 3.32. The van der Waals surface area contributed by atoms with E-state index >= 15 is 0 Å². The highest BCUT2D eigenvalue weighted by atomic mass is 14.0. The van der Waals surface area contributed by atoms with Gasteiger partial charge in [-0.1, -0.05) is 37.6 Å². The molecular formula is C14H20. The van der Waals surface area contributed by atoms with Crippen molar-refractivity contribution in [2.45, 2.75) is 40.0 Å². The molecule has 1 aromatic rings. The van der Waals surface area contributed by atoms with E-state index in [9.17, 15) is 0 Å². The van der Waals surface area contributed by atoms with Gasteiger partial charge in [-0.3, -0.25) is 0 Å². The number of aryl methyl sites for hydroxylation is 2. The molecule has 1 aromatic carbocycles. The molecule has 0 unspecified atom stereocenters. The number of terminal acetylenes is 1. The fourth-order valence-electron chi connectivity index (χ4n) is 1.26. The van der Waals surface area contributed by atoms with Gasteiger partial charge in [-0.15, -0.1) is 12.3 Å². The summed E-state index contributed by atoms with van der Waals surface area (Å²) < 4.78 is 0. The van der Waals surface area contributed by atoms with Crippen LogP contribution in [0.5, 0.6) is 0 Å². The molecule has 0 saturated carbocycles. The van der Waals surface area contributed by atoms with E-state index in [1.54, 1.807) is 6.92 Å². The molecule has 0 bridgehead atoms. The van der Waals surface area contributed by atoms with Crippen LogP contribution in [0.15, 0.2) is 24.3 Å². The van der Waals surface area contributed by atoms with E-state index in [1.807, 2.05) is 0 Å². The molecule has 0 aliphatic rings. The number of hydrogen-bond donors (Lipinski definition) is 0. The first-order valence-corrected chi connectivity index (χ1v) is 5.18. The minimum absolute atomic E-state index is 1.24. The molecule has 0 spiro atoms. The average Bonchev–Trinajstić information content (AvgIpc) is 2.18. The minimum atomic E-state index is 1.24. The van der Waals surface area contributed by atoms with E-state index in [0.717, 1.165) is 0 Å². The molecule has 0 amide bonds. The smallest absolute Gasteiger partial charge is 0.00297 e. The molecule has 0 heterocycles. The first-order valence-electron chi connectivity index (χ1n) is 5.18. The van der Waals surface area contributed by atoms with Crippen molar-refractivity contribution in [3.63, 3.8) is 0 Å². The van der Waals surface area contributed by atoms with E-state index in [1.165, 1.54) is 30.4 Å². The zero-order valence-corrected chi connectivity index (χ0v) is 9.51. The zero-order chi connectivity index (χ0) is 10.8. The van der Waals surface area contributed by atoms with Gasteiger partial charge in [0.25, 0.3) is 0 Å². The summed E-state index contributed by atoms with van der Waals surface area (Å²) in [5.41, 5.74) is 2.94. The van der Waals surface area contributed by atoms with Gasteiger partial charge in [0.2, 0.25) is 0 Å². The lowest BCUT2D eigenvalue weighted by Gasteiger charge is -2.02. The number of unbranched alkanes of at least 4 members (excludes halogenated alkanes) is 1. The van der Waals surface area contributed by atoms with Crippen molar-refractivity contribution in [3.8, 4) is 12.3 Å². The molecule has 14 heavy (non-hydrogen) atoms. The van der Waals surface area contributed by atoms with E-state index in [-0.39, 0.29) is 0 Å². The molecule has 1 rings (SSSR count). The molecule has 0 atom stereocenters. The van der Waals surface area contributed by atoms with Crippen molar-refractivity contribution in [1.29, 1.82) is 0 Å². The number of rotatable bonds is 3. The molecule has 0 aromatic heterocycles. The summed E-state index contributed by atoms with van der Waals surface area (Å²) in [4.78, 5) is 0. The van der Waals surface area contributed by atoms with Crippen LogP contribution < -0.4 is 0 Å². The monoisotopic (exact) mass is 188 g/mol. The molecule has 0 fully saturated rings. The number of benzene rings is 1. The average molecular weight is 188 g/mol. The fraction of sp³-hybridized carbons (Fsp3) is 0.429. The summed E-state index contributed by atoms with van der Waals surface area (Å²) in [7, 11) is 0. The SMILES string of the molecule is C#CC.CCCCc1ccccc1C. The standard InChI is InChI=1S/C11H16.C3H4/c1-3-4-8-11-9-6-5-7-10(11)2;1-3-2/h5-7,9H,3-4,8H2,1-2H3;1H,2H3. The lowest BCUT2D eigenvalue weighted by atomic mass is 10.0. The van der Waals surface area contributed by atoms with Crippen molar-refractivity contribution in [2.75, 3.05) is 0 Å². The maximum Gasteiger partial charge on any atom is -0.00297 e. The highest BCUT2D eigenvalue weighted by Gasteiger charge is 1.94. The van der Waals surface area contributed by atoms with E-state index in [2.05, 4.69) is 50.5 Å². The lowest BCUT2D eigenvalue weighted by Crippen LogP contribution is -1.87. The third-order valence-corrected chi connectivity index (χ3v) is 2.06. The molecule has 76 valence electrons. The zero-order valence-electron chi connectivity index (χ0n) is 9.51. The predicted molar refractivity (Wildman–Crippen MR) is 64.3 cm³/mol. The van der Waals surface area contributed by atoms with Crippen LogP contribution in [-0.2, 0) is 6.42 Å². The van der Waals surface area contributed by atoms with Crippen molar-refractivity contribution in [2.24, 2.45) is 0 Å². The maximum absolute atomic E-state index is 4.60. The Morgan fingerprint density at radius 3 is 2.36 bits per heavy atom. The molecule has 0 aliphatic carbocycles. The summed E-state index contributed by atoms with van der Waals surface area (Å²) >= 11 is 0. The Kier molecular flexibility index (Phi) is 7.65. The molecule has 0 N–H and O–H groups in total. The minimum Gasteiger partial charge on any atom is -0.120 e. The van der Waals surface area contributed by atoms with Crippen molar-refractivity contribution >= 4 is 0 Å². The molecule has 0 saturated heterocycles. The largest absolute Gasteiger partial charge is 0.120 e. The van der Waals surface area contributed by atoms with Gasteiger partial charge in [-0.25, -0.2) is 0 Å². The van der Waals surface area contributed by atoms with Gasteiger partial charge < -0.3 is 0 Å². The Morgan fingerprint density at radius 2 is 1.86 bits per heavy atom. The van der Waals surface area contributed by atoms with Crippen LogP contribution in [0.4, 0.5) is 0 Å². The topological polar surface area (TPSA) is 0 Å². The Bertz CT molecular complexity index is 278. The van der Waals surface area contributed by atoms with Crippen molar-refractivity contribution in [1.82, 2.24) is 0 Å². The molecular weight excluding hydrogens is 168 g/mol. The highest BCUT2D eigenvalue weighted by Crippen LogP contribution is 2.09. The lowest BCUT2D eigenvalue weighted by molar-refractivity contribution is 0.791. The summed E-state index contributed by atoms with van der Waals surface area (Å²) in [6.07, 6.45) is 8.43. The Hall–Kier alpha value is -1.22. The maximum atomic E-state index is 4.60. The van der Waals surface area contributed by atoms with Crippen LogP contribution in [0.2, 0.25) is 0 Å². The van der Waals surface area contributed by atoms with Crippen LogP contribution in [0.1, 0.15) is 37.8 Å². The van der Waals surface area contributed by atoms with Crippen molar-refractivity contribution < 1.29 is 0 Å². The van der Waals surface area contributed by atoms with Gasteiger partial charge in [0.15, 0.2) is 0 Å². The van der Waals surface area contributed by atoms with Gasteiger partial charge in [0.1, 0.15) is 0 Å². The Balaban J connectivity index is 0.000000500. The summed E-state index contributed by atoms with van der Waals surface area (Å²) in [5, 5.41) is 0. The van der Waals surface area contributed by atoms with Crippen LogP contribution in [-0.4, -0.2) is 0 Å². The van der Waals surface area contributed by atoms with Crippen molar-refractivity contribution in [3.05, 3.63) is 35.4 Å². The quantitative estimate of drug-likeness (QED) is 0.629. The first-order chi connectivity index (χ1) is 6.76. The van der Waals surface area contributed by atoms with Gasteiger partial charge in [-0.05, 0) is 37.8 Å². The van der Waals surface area contributed by atoms with E-state index in [4.69, 9.17) is 0 Å². The second kappa shape index (κ2) is 8.38. The molecule has 0 aliphatic heterocycles. The third kappa shape index (κ3) is 5.43. The van der Waals surface area contributed by atoms with Gasteiger partial charge in [-0.2, -0.15) is 0 Å². The van der Waals surface area contributed by atoms with E-state index in [0.29, 0.717) is 0 Å². The third-order valence-electron chi connectivity index (χ3n) is 2.06. The van der Waals surface area contributed by atoms with Crippen LogP contribution in [0, 0.1) is 19.3 Å². The van der Waals surface area contributed by atoms with Crippen LogP contribution >= 0.6 is 0 Å². The first kappa shape index (κ1) is 12.8. The van der Waals surface area contributed by atoms with Gasteiger partial charge >= 0.3 is 0 Å². The van der Waals surface area contributed by atoms with Crippen LogP contribution in [0.25, 0.3) is 0 Å². The second-order valence-electron chi connectivity index (χ2n) is 3.32. The highest BCUT2D eigenvalue weighted by molar-refractivity contribution is 5.25. The predicted octanol–water partition coefficient (Wildman–Crippen LogP) is 3.98. The molecule has 0 heteroatoms.